The lowest BCUT2D eigenvalue weighted by Crippen LogP contribution is -2.40. The van der Waals surface area contributed by atoms with Crippen molar-refractivity contribution < 1.29 is 19.0 Å². The van der Waals surface area contributed by atoms with E-state index in [9.17, 15) is 9.18 Å². The Morgan fingerprint density at radius 3 is 2.89 bits per heavy atom. The molecule has 1 aliphatic carbocycles. The zero-order chi connectivity index (χ0) is 13.8. The van der Waals surface area contributed by atoms with E-state index in [1.54, 1.807) is 6.07 Å². The van der Waals surface area contributed by atoms with Crippen molar-refractivity contribution in [2.24, 2.45) is 5.92 Å². The number of amides is 1. The Morgan fingerprint density at radius 2 is 2.26 bits per heavy atom. The highest BCUT2D eigenvalue weighted by atomic mass is 79.9. The van der Waals surface area contributed by atoms with Crippen LogP contribution in [0.25, 0.3) is 0 Å². The molecule has 0 aliphatic heterocycles. The molecule has 0 atom stereocenters. The van der Waals surface area contributed by atoms with Crippen molar-refractivity contribution in [2.75, 3.05) is 13.2 Å². The van der Waals surface area contributed by atoms with Gasteiger partial charge >= 0.3 is 0 Å². The van der Waals surface area contributed by atoms with Crippen LogP contribution < -0.4 is 10.1 Å². The van der Waals surface area contributed by atoms with E-state index >= 15 is 0 Å². The molecule has 0 aromatic heterocycles. The highest BCUT2D eigenvalue weighted by Crippen LogP contribution is 2.26. The van der Waals surface area contributed by atoms with Crippen LogP contribution >= 0.6 is 15.9 Å². The summed E-state index contributed by atoms with van der Waals surface area (Å²) < 4.78 is 19.1. The first kappa shape index (κ1) is 14.3. The third kappa shape index (κ3) is 4.18. The SMILES string of the molecule is O=C(COc1ccc(Br)cc1F)NCC1CC(O)C1. The summed E-state index contributed by atoms with van der Waals surface area (Å²) in [7, 11) is 0. The van der Waals surface area contributed by atoms with Gasteiger partial charge in [0.15, 0.2) is 18.2 Å². The van der Waals surface area contributed by atoms with Crippen LogP contribution in [-0.2, 0) is 4.79 Å². The number of aliphatic hydroxyl groups excluding tert-OH is 1. The Labute approximate surface area is 119 Å². The van der Waals surface area contributed by atoms with E-state index in [1.165, 1.54) is 12.1 Å². The average Bonchev–Trinajstić information content (AvgIpc) is 2.32. The van der Waals surface area contributed by atoms with Crippen molar-refractivity contribution in [1.82, 2.24) is 5.32 Å². The molecule has 0 heterocycles. The molecule has 0 spiro atoms. The molecule has 1 aromatic carbocycles. The number of ether oxygens (including phenoxy) is 1. The highest BCUT2D eigenvalue weighted by Gasteiger charge is 2.27. The number of rotatable bonds is 5. The lowest BCUT2D eigenvalue weighted by atomic mass is 9.82. The van der Waals surface area contributed by atoms with E-state index in [0.717, 1.165) is 12.8 Å². The molecule has 6 heteroatoms. The van der Waals surface area contributed by atoms with Crippen molar-refractivity contribution in [2.45, 2.75) is 18.9 Å². The van der Waals surface area contributed by atoms with E-state index in [2.05, 4.69) is 21.2 Å². The lowest BCUT2D eigenvalue weighted by Gasteiger charge is -2.31. The van der Waals surface area contributed by atoms with Gasteiger partial charge < -0.3 is 15.2 Å². The number of benzene rings is 1. The predicted octanol–water partition coefficient (Wildman–Crippen LogP) is 1.85. The first-order valence-electron chi connectivity index (χ1n) is 6.07. The van der Waals surface area contributed by atoms with Crippen LogP contribution in [0.4, 0.5) is 4.39 Å². The maximum absolute atomic E-state index is 13.4. The van der Waals surface area contributed by atoms with Gasteiger partial charge in [-0.2, -0.15) is 0 Å². The van der Waals surface area contributed by atoms with Gasteiger partial charge in [0, 0.05) is 11.0 Å². The molecule has 1 amide bonds. The van der Waals surface area contributed by atoms with Crippen LogP contribution in [-0.4, -0.2) is 30.3 Å². The van der Waals surface area contributed by atoms with E-state index in [4.69, 9.17) is 9.84 Å². The molecule has 2 rings (SSSR count). The van der Waals surface area contributed by atoms with Crippen molar-refractivity contribution >= 4 is 21.8 Å². The molecule has 1 aliphatic rings. The third-order valence-electron chi connectivity index (χ3n) is 3.05. The summed E-state index contributed by atoms with van der Waals surface area (Å²) in [4.78, 5) is 11.5. The van der Waals surface area contributed by atoms with Crippen LogP contribution in [0.15, 0.2) is 22.7 Å². The molecule has 1 saturated carbocycles. The van der Waals surface area contributed by atoms with Crippen molar-refractivity contribution in [3.8, 4) is 5.75 Å². The van der Waals surface area contributed by atoms with Gasteiger partial charge in [-0.25, -0.2) is 4.39 Å². The van der Waals surface area contributed by atoms with Gasteiger partial charge in [-0.1, -0.05) is 15.9 Å². The molecule has 1 fully saturated rings. The number of carbonyl (C=O) groups is 1. The second kappa shape index (κ2) is 6.34. The number of aliphatic hydroxyl groups is 1. The van der Waals surface area contributed by atoms with Crippen molar-refractivity contribution in [1.29, 1.82) is 0 Å². The third-order valence-corrected chi connectivity index (χ3v) is 3.54. The quantitative estimate of drug-likeness (QED) is 0.865. The van der Waals surface area contributed by atoms with Gasteiger partial charge in [0.25, 0.3) is 5.91 Å². The monoisotopic (exact) mass is 331 g/mol. The molecule has 1 aromatic rings. The number of nitrogens with one attached hydrogen (secondary N) is 1. The molecule has 19 heavy (non-hydrogen) atoms. The Balaban J connectivity index is 1.71. The number of carbonyl (C=O) groups excluding carboxylic acids is 1. The Kier molecular flexibility index (Phi) is 4.76. The molecule has 104 valence electrons. The predicted molar refractivity (Wildman–Crippen MR) is 71.3 cm³/mol. The van der Waals surface area contributed by atoms with Crippen LogP contribution in [0.3, 0.4) is 0 Å². The summed E-state index contributed by atoms with van der Waals surface area (Å²) in [5, 5.41) is 11.8. The minimum atomic E-state index is -0.510. The van der Waals surface area contributed by atoms with Gasteiger partial charge in [0.1, 0.15) is 0 Å². The second-order valence-electron chi connectivity index (χ2n) is 4.66. The van der Waals surface area contributed by atoms with E-state index in [1.807, 2.05) is 0 Å². The van der Waals surface area contributed by atoms with E-state index < -0.39 is 5.82 Å². The lowest BCUT2D eigenvalue weighted by molar-refractivity contribution is -0.123. The molecule has 4 nitrogen and oxygen atoms in total. The standard InChI is InChI=1S/C13H15BrFNO3/c14-9-1-2-12(11(15)5-9)19-7-13(18)16-6-8-3-10(17)4-8/h1-2,5,8,10,17H,3-4,6-7H2,(H,16,18). The summed E-state index contributed by atoms with van der Waals surface area (Å²) in [5.41, 5.74) is 0. The van der Waals surface area contributed by atoms with Gasteiger partial charge in [-0.15, -0.1) is 0 Å². The van der Waals surface area contributed by atoms with Gasteiger partial charge in [-0.05, 0) is 37.0 Å². The highest BCUT2D eigenvalue weighted by molar-refractivity contribution is 9.10. The molecule has 0 unspecified atom stereocenters. The number of hydrogen-bond donors (Lipinski definition) is 2. The summed E-state index contributed by atoms with van der Waals surface area (Å²) in [5.74, 6) is -0.409. The fourth-order valence-corrected chi connectivity index (χ4v) is 2.25. The Morgan fingerprint density at radius 1 is 1.53 bits per heavy atom. The average molecular weight is 332 g/mol. The fourth-order valence-electron chi connectivity index (χ4n) is 1.91. The zero-order valence-electron chi connectivity index (χ0n) is 10.2. The van der Waals surface area contributed by atoms with Crippen molar-refractivity contribution in [3.05, 3.63) is 28.5 Å². The molecule has 0 radical (unpaired) electrons. The fraction of sp³-hybridized carbons (Fsp3) is 0.462. The van der Waals surface area contributed by atoms with E-state index in [0.29, 0.717) is 16.9 Å². The zero-order valence-corrected chi connectivity index (χ0v) is 11.8. The summed E-state index contributed by atoms with van der Waals surface area (Å²) >= 11 is 3.14. The van der Waals surface area contributed by atoms with Gasteiger partial charge in [0.05, 0.1) is 6.10 Å². The maximum Gasteiger partial charge on any atom is 0.257 e. The van der Waals surface area contributed by atoms with Crippen molar-refractivity contribution in [3.63, 3.8) is 0 Å². The minimum Gasteiger partial charge on any atom is -0.481 e. The molecule has 0 saturated heterocycles. The Hall–Kier alpha value is -1.14. The second-order valence-corrected chi connectivity index (χ2v) is 5.57. The van der Waals surface area contributed by atoms with Gasteiger partial charge in [0.2, 0.25) is 0 Å². The van der Waals surface area contributed by atoms with Gasteiger partial charge in [-0.3, -0.25) is 4.79 Å². The summed E-state index contributed by atoms with van der Waals surface area (Å²) in [6, 6.07) is 4.39. The molecule has 0 bridgehead atoms. The Bertz CT molecular complexity index is 463. The smallest absolute Gasteiger partial charge is 0.257 e. The van der Waals surface area contributed by atoms with E-state index in [-0.39, 0.29) is 24.4 Å². The van der Waals surface area contributed by atoms with Crippen LogP contribution in [0, 0.1) is 11.7 Å². The largest absolute Gasteiger partial charge is 0.481 e. The van der Waals surface area contributed by atoms with Crippen LogP contribution in [0.5, 0.6) is 5.75 Å². The molecular weight excluding hydrogens is 317 g/mol. The molecule has 2 N–H and O–H groups in total. The minimum absolute atomic E-state index is 0.0532. The molecular formula is C13H15BrFNO3. The number of halogens is 2. The number of hydrogen-bond acceptors (Lipinski definition) is 3. The normalized spacial score (nSPS) is 21.6. The van der Waals surface area contributed by atoms with Crippen LogP contribution in [0.2, 0.25) is 0 Å². The first-order chi connectivity index (χ1) is 9.04. The summed E-state index contributed by atoms with van der Waals surface area (Å²) in [6.07, 6.45) is 1.22. The summed E-state index contributed by atoms with van der Waals surface area (Å²) in [6.45, 7) is 0.315. The topological polar surface area (TPSA) is 58.6 Å². The van der Waals surface area contributed by atoms with Crippen LogP contribution in [0.1, 0.15) is 12.8 Å². The first-order valence-corrected chi connectivity index (χ1v) is 6.86. The maximum atomic E-state index is 13.4.